The summed E-state index contributed by atoms with van der Waals surface area (Å²) in [6, 6.07) is 10.6. The molecule has 0 spiro atoms. The lowest BCUT2D eigenvalue weighted by atomic mass is 10.1. The van der Waals surface area contributed by atoms with Gasteiger partial charge in [-0.3, -0.25) is 14.9 Å². The number of halogens is 1. The van der Waals surface area contributed by atoms with Gasteiger partial charge in [0.15, 0.2) is 12.4 Å². The molecule has 0 aromatic heterocycles. The number of carbonyl (C=O) groups is 2. The van der Waals surface area contributed by atoms with E-state index in [1.807, 2.05) is 0 Å². The third-order valence-corrected chi connectivity index (χ3v) is 3.00. The summed E-state index contributed by atoms with van der Waals surface area (Å²) in [5.41, 5.74) is 0.579. The first kappa shape index (κ1) is 17.0. The Morgan fingerprint density at radius 3 is 2.54 bits per heavy atom. The summed E-state index contributed by atoms with van der Waals surface area (Å²) < 4.78 is 17.5. The van der Waals surface area contributed by atoms with Crippen molar-refractivity contribution in [2.24, 2.45) is 0 Å². The molecule has 7 heteroatoms. The van der Waals surface area contributed by atoms with Crippen molar-refractivity contribution >= 4 is 23.5 Å². The predicted molar refractivity (Wildman–Crippen MR) is 83.8 cm³/mol. The number of non-ortho nitro benzene ring substituents is 1. The van der Waals surface area contributed by atoms with Crippen molar-refractivity contribution in [1.82, 2.24) is 0 Å². The first-order valence-corrected chi connectivity index (χ1v) is 6.84. The average molecular weight is 329 g/mol. The smallest absolute Gasteiger partial charge is 0.331 e. The molecule has 0 heterocycles. The van der Waals surface area contributed by atoms with E-state index in [1.54, 1.807) is 6.07 Å². The van der Waals surface area contributed by atoms with E-state index in [9.17, 15) is 24.1 Å². The summed E-state index contributed by atoms with van der Waals surface area (Å²) in [6.45, 7) is -0.482. The Kier molecular flexibility index (Phi) is 5.51. The number of nitrogens with zero attached hydrogens (tertiary/aromatic N) is 1. The summed E-state index contributed by atoms with van der Waals surface area (Å²) in [4.78, 5) is 33.4. The molecule has 0 aliphatic rings. The second-order valence-corrected chi connectivity index (χ2v) is 4.72. The molecule has 2 aromatic carbocycles. The van der Waals surface area contributed by atoms with Crippen LogP contribution < -0.4 is 0 Å². The highest BCUT2D eigenvalue weighted by Gasteiger charge is 2.09. The maximum atomic E-state index is 12.8. The van der Waals surface area contributed by atoms with Gasteiger partial charge in [-0.25, -0.2) is 9.18 Å². The second-order valence-electron chi connectivity index (χ2n) is 4.72. The second kappa shape index (κ2) is 7.77. The molecular weight excluding hydrogens is 317 g/mol. The van der Waals surface area contributed by atoms with Gasteiger partial charge in [0.1, 0.15) is 5.82 Å². The Hall–Kier alpha value is -3.35. The van der Waals surface area contributed by atoms with Crippen LogP contribution in [-0.4, -0.2) is 23.3 Å². The van der Waals surface area contributed by atoms with Gasteiger partial charge in [-0.2, -0.15) is 0 Å². The Morgan fingerprint density at radius 1 is 1.17 bits per heavy atom. The molecule has 0 atom stereocenters. The molecule has 0 N–H and O–H groups in total. The molecular formula is C17H12FNO5. The lowest BCUT2D eigenvalue weighted by molar-refractivity contribution is -0.384. The van der Waals surface area contributed by atoms with Crippen molar-refractivity contribution in [2.75, 3.05) is 6.61 Å². The number of ketones is 1. The fraction of sp³-hybridized carbons (Fsp3) is 0.0588. The van der Waals surface area contributed by atoms with E-state index in [4.69, 9.17) is 4.74 Å². The van der Waals surface area contributed by atoms with E-state index in [2.05, 4.69) is 0 Å². The molecule has 0 bridgehead atoms. The minimum atomic E-state index is -0.767. The van der Waals surface area contributed by atoms with E-state index < -0.39 is 29.1 Å². The van der Waals surface area contributed by atoms with Crippen LogP contribution in [0, 0.1) is 15.9 Å². The molecule has 0 saturated heterocycles. The minimum absolute atomic E-state index is 0.1000. The molecule has 0 aliphatic heterocycles. The number of hydrogen-bond donors (Lipinski definition) is 0. The van der Waals surface area contributed by atoms with Gasteiger partial charge in [0.25, 0.3) is 5.69 Å². The number of esters is 1. The largest absolute Gasteiger partial charge is 0.454 e. The summed E-state index contributed by atoms with van der Waals surface area (Å²) in [7, 11) is 0. The molecule has 6 nitrogen and oxygen atoms in total. The molecule has 0 radical (unpaired) electrons. The first-order valence-electron chi connectivity index (χ1n) is 6.84. The van der Waals surface area contributed by atoms with Gasteiger partial charge in [-0.1, -0.05) is 12.1 Å². The topological polar surface area (TPSA) is 86.5 Å². The standard InChI is InChI=1S/C17H12FNO5/c18-14-7-5-13(6-8-14)16(20)11-24-17(21)9-4-12-2-1-3-15(10-12)19(22)23/h1-10H,11H2/b9-4+. The molecule has 0 amide bonds. The van der Waals surface area contributed by atoms with Crippen LogP contribution in [0.4, 0.5) is 10.1 Å². The zero-order valence-corrected chi connectivity index (χ0v) is 12.3. The first-order chi connectivity index (χ1) is 11.5. The van der Waals surface area contributed by atoms with Gasteiger partial charge in [-0.05, 0) is 35.9 Å². The van der Waals surface area contributed by atoms with Crippen LogP contribution in [0.1, 0.15) is 15.9 Å². The lowest BCUT2D eigenvalue weighted by Gasteiger charge is -2.02. The van der Waals surface area contributed by atoms with Crippen molar-refractivity contribution < 1.29 is 23.6 Å². The number of nitro groups is 1. The molecule has 0 aliphatic carbocycles. The fourth-order valence-electron chi connectivity index (χ4n) is 1.81. The summed E-state index contributed by atoms with van der Waals surface area (Å²) in [6.07, 6.45) is 2.41. The van der Waals surface area contributed by atoms with Crippen LogP contribution in [0.15, 0.2) is 54.6 Å². The maximum absolute atomic E-state index is 12.8. The summed E-state index contributed by atoms with van der Waals surface area (Å²) in [5.74, 6) is -1.70. The fourth-order valence-corrected chi connectivity index (χ4v) is 1.81. The number of benzene rings is 2. The number of rotatable bonds is 6. The predicted octanol–water partition coefficient (Wildman–Crippen LogP) is 3.17. The van der Waals surface area contributed by atoms with Crippen LogP contribution in [-0.2, 0) is 9.53 Å². The Bertz CT molecular complexity index is 799. The highest BCUT2D eigenvalue weighted by atomic mass is 19.1. The molecule has 0 unspecified atom stereocenters. The Balaban J connectivity index is 1.91. The van der Waals surface area contributed by atoms with E-state index in [0.29, 0.717) is 5.56 Å². The van der Waals surface area contributed by atoms with Crippen LogP contribution >= 0.6 is 0 Å². The third kappa shape index (κ3) is 4.84. The zero-order chi connectivity index (χ0) is 17.5. The monoisotopic (exact) mass is 329 g/mol. The van der Waals surface area contributed by atoms with Gasteiger partial charge >= 0.3 is 5.97 Å². The van der Waals surface area contributed by atoms with Gasteiger partial charge in [0, 0.05) is 23.8 Å². The number of hydrogen-bond acceptors (Lipinski definition) is 5. The number of nitro benzene ring substituents is 1. The molecule has 2 aromatic rings. The Morgan fingerprint density at radius 2 is 1.88 bits per heavy atom. The molecule has 0 saturated carbocycles. The van der Waals surface area contributed by atoms with Gasteiger partial charge in [0.05, 0.1) is 4.92 Å². The highest BCUT2D eigenvalue weighted by Crippen LogP contribution is 2.14. The molecule has 0 fully saturated rings. The van der Waals surface area contributed by atoms with E-state index in [0.717, 1.165) is 18.2 Å². The van der Waals surface area contributed by atoms with E-state index >= 15 is 0 Å². The van der Waals surface area contributed by atoms with Gasteiger partial charge in [0.2, 0.25) is 0 Å². The van der Waals surface area contributed by atoms with E-state index in [1.165, 1.54) is 36.4 Å². The normalized spacial score (nSPS) is 10.5. The van der Waals surface area contributed by atoms with Gasteiger partial charge in [-0.15, -0.1) is 0 Å². The summed E-state index contributed by atoms with van der Waals surface area (Å²) in [5, 5.41) is 10.7. The lowest BCUT2D eigenvalue weighted by Crippen LogP contribution is -2.12. The average Bonchev–Trinajstić information content (AvgIpc) is 2.58. The maximum Gasteiger partial charge on any atom is 0.331 e. The highest BCUT2D eigenvalue weighted by molar-refractivity contribution is 5.98. The third-order valence-electron chi connectivity index (χ3n) is 3.00. The summed E-state index contributed by atoms with van der Waals surface area (Å²) >= 11 is 0. The molecule has 122 valence electrons. The van der Waals surface area contributed by atoms with Crippen molar-refractivity contribution in [3.63, 3.8) is 0 Å². The van der Waals surface area contributed by atoms with Crippen molar-refractivity contribution in [3.8, 4) is 0 Å². The van der Waals surface area contributed by atoms with Crippen LogP contribution in [0.2, 0.25) is 0 Å². The van der Waals surface area contributed by atoms with Crippen LogP contribution in [0.5, 0.6) is 0 Å². The van der Waals surface area contributed by atoms with Crippen LogP contribution in [0.3, 0.4) is 0 Å². The number of ether oxygens (including phenoxy) is 1. The van der Waals surface area contributed by atoms with Crippen LogP contribution in [0.25, 0.3) is 6.08 Å². The van der Waals surface area contributed by atoms with Gasteiger partial charge < -0.3 is 4.74 Å². The minimum Gasteiger partial charge on any atom is -0.454 e. The molecule has 2 rings (SSSR count). The zero-order valence-electron chi connectivity index (χ0n) is 12.3. The quantitative estimate of drug-likeness (QED) is 0.267. The van der Waals surface area contributed by atoms with Crippen molar-refractivity contribution in [2.45, 2.75) is 0 Å². The van der Waals surface area contributed by atoms with Crippen molar-refractivity contribution in [1.29, 1.82) is 0 Å². The molecule has 24 heavy (non-hydrogen) atoms. The number of Topliss-reactive ketones (excluding diaryl/α,β-unsaturated/α-hetero) is 1. The number of carbonyl (C=O) groups excluding carboxylic acids is 2. The van der Waals surface area contributed by atoms with E-state index in [-0.39, 0.29) is 11.3 Å². The van der Waals surface area contributed by atoms with Crippen molar-refractivity contribution in [3.05, 3.63) is 81.7 Å². The SMILES string of the molecule is O=C(/C=C/c1cccc([N+](=O)[O-])c1)OCC(=O)c1ccc(F)cc1. The Labute approximate surface area is 136 Å².